The number of piperidine rings is 1. The first kappa shape index (κ1) is 18.8. The number of anilines is 1. The Morgan fingerprint density at radius 2 is 1.67 bits per heavy atom. The molecule has 1 atom stereocenters. The molecule has 24 heavy (non-hydrogen) atoms. The number of benzene rings is 1. The molecule has 134 valence electrons. The van der Waals surface area contributed by atoms with Crippen molar-refractivity contribution in [3.63, 3.8) is 0 Å². The second-order valence-corrected chi connectivity index (χ2v) is 8.95. The van der Waals surface area contributed by atoms with Crippen molar-refractivity contribution >= 4 is 21.6 Å². The zero-order chi connectivity index (χ0) is 18.1. The van der Waals surface area contributed by atoms with Gasteiger partial charge in [0.2, 0.25) is 15.9 Å². The van der Waals surface area contributed by atoms with Gasteiger partial charge in [0.15, 0.2) is 0 Å². The Kier molecular flexibility index (Phi) is 5.58. The minimum Gasteiger partial charge on any atom is -0.341 e. The van der Waals surface area contributed by atoms with E-state index in [1.165, 1.54) is 4.31 Å². The quantitative estimate of drug-likeness (QED) is 0.837. The van der Waals surface area contributed by atoms with E-state index in [4.69, 9.17) is 0 Å². The van der Waals surface area contributed by atoms with Crippen molar-refractivity contribution in [2.24, 2.45) is 5.92 Å². The van der Waals surface area contributed by atoms with Crippen molar-refractivity contribution in [2.45, 2.75) is 46.6 Å². The maximum absolute atomic E-state index is 12.9. The van der Waals surface area contributed by atoms with Crippen LogP contribution < -0.4 is 4.31 Å². The lowest BCUT2D eigenvalue weighted by Gasteiger charge is -2.36. The van der Waals surface area contributed by atoms with Crippen LogP contribution in [0.3, 0.4) is 0 Å². The highest BCUT2D eigenvalue weighted by Gasteiger charge is 2.33. The summed E-state index contributed by atoms with van der Waals surface area (Å²) in [5.74, 6) is 0.501. The summed E-state index contributed by atoms with van der Waals surface area (Å²) in [6.45, 7) is 9.12. The molecule has 1 amide bonds. The molecule has 1 saturated heterocycles. The van der Waals surface area contributed by atoms with E-state index in [-0.39, 0.29) is 5.91 Å². The zero-order valence-corrected chi connectivity index (χ0v) is 16.1. The Labute approximate surface area is 145 Å². The molecule has 2 rings (SSSR count). The van der Waals surface area contributed by atoms with Crippen molar-refractivity contribution in [3.05, 3.63) is 29.3 Å². The van der Waals surface area contributed by atoms with Gasteiger partial charge in [0, 0.05) is 13.1 Å². The first-order valence-electron chi connectivity index (χ1n) is 8.46. The van der Waals surface area contributed by atoms with Crippen LogP contribution in [0.25, 0.3) is 0 Å². The molecule has 0 bridgehead atoms. The molecule has 0 aromatic heterocycles. The summed E-state index contributed by atoms with van der Waals surface area (Å²) in [5.41, 5.74) is 2.51. The van der Waals surface area contributed by atoms with Crippen molar-refractivity contribution in [2.75, 3.05) is 23.7 Å². The Hall–Kier alpha value is -1.56. The Morgan fingerprint density at radius 1 is 1.17 bits per heavy atom. The molecular weight excluding hydrogens is 324 g/mol. The van der Waals surface area contributed by atoms with Gasteiger partial charge in [0.05, 0.1) is 11.9 Å². The Bertz CT molecular complexity index is 687. The summed E-state index contributed by atoms with van der Waals surface area (Å²) in [6.07, 6.45) is 3.11. The third kappa shape index (κ3) is 4.29. The second-order valence-electron chi connectivity index (χ2n) is 7.09. The van der Waals surface area contributed by atoms with E-state index < -0.39 is 16.1 Å². The highest BCUT2D eigenvalue weighted by Crippen LogP contribution is 2.25. The van der Waals surface area contributed by atoms with Crippen molar-refractivity contribution in [1.29, 1.82) is 0 Å². The summed E-state index contributed by atoms with van der Waals surface area (Å²) in [6, 6.07) is 4.88. The minimum atomic E-state index is -3.56. The van der Waals surface area contributed by atoms with E-state index >= 15 is 0 Å². The van der Waals surface area contributed by atoms with Gasteiger partial charge in [-0.15, -0.1) is 0 Å². The number of amides is 1. The van der Waals surface area contributed by atoms with Crippen LogP contribution in [-0.2, 0) is 14.8 Å². The van der Waals surface area contributed by atoms with E-state index in [1.807, 2.05) is 32.0 Å². The molecule has 1 aliphatic heterocycles. The normalized spacial score (nSPS) is 17.6. The van der Waals surface area contributed by atoms with E-state index in [0.717, 1.165) is 30.2 Å². The van der Waals surface area contributed by atoms with Gasteiger partial charge in [-0.25, -0.2) is 8.42 Å². The summed E-state index contributed by atoms with van der Waals surface area (Å²) >= 11 is 0. The van der Waals surface area contributed by atoms with E-state index in [9.17, 15) is 13.2 Å². The molecule has 0 unspecified atom stereocenters. The Morgan fingerprint density at radius 3 is 2.12 bits per heavy atom. The maximum atomic E-state index is 12.9. The molecule has 1 aliphatic rings. The number of sulfonamides is 1. The van der Waals surface area contributed by atoms with E-state index in [0.29, 0.717) is 24.7 Å². The number of aryl methyl sites for hydroxylation is 2. The molecular formula is C18H28N2O3S. The fourth-order valence-corrected chi connectivity index (χ4v) is 4.53. The highest BCUT2D eigenvalue weighted by molar-refractivity contribution is 7.92. The van der Waals surface area contributed by atoms with E-state index in [2.05, 4.69) is 6.92 Å². The molecule has 1 aromatic rings. The lowest BCUT2D eigenvalue weighted by Crippen LogP contribution is -2.51. The van der Waals surface area contributed by atoms with Gasteiger partial charge >= 0.3 is 0 Å². The fraction of sp³-hybridized carbons (Fsp3) is 0.611. The minimum absolute atomic E-state index is 0.119. The average Bonchev–Trinajstić information content (AvgIpc) is 2.44. The largest absolute Gasteiger partial charge is 0.341 e. The number of hydrogen-bond donors (Lipinski definition) is 0. The lowest BCUT2D eigenvalue weighted by molar-refractivity contribution is -0.133. The summed E-state index contributed by atoms with van der Waals surface area (Å²) in [4.78, 5) is 14.7. The summed E-state index contributed by atoms with van der Waals surface area (Å²) in [5, 5.41) is 0. The monoisotopic (exact) mass is 352 g/mol. The Balaban J connectivity index is 2.32. The fourth-order valence-electron chi connectivity index (χ4n) is 3.37. The van der Waals surface area contributed by atoms with Gasteiger partial charge in [0.1, 0.15) is 6.04 Å². The van der Waals surface area contributed by atoms with Crippen molar-refractivity contribution in [1.82, 2.24) is 4.90 Å². The van der Waals surface area contributed by atoms with Crippen molar-refractivity contribution < 1.29 is 13.2 Å². The molecule has 0 spiro atoms. The van der Waals surface area contributed by atoms with Gasteiger partial charge < -0.3 is 4.90 Å². The summed E-state index contributed by atoms with van der Waals surface area (Å²) in [7, 11) is -3.56. The number of carbonyl (C=O) groups is 1. The predicted molar refractivity (Wildman–Crippen MR) is 97.7 cm³/mol. The molecule has 1 aromatic carbocycles. The molecule has 5 nitrogen and oxygen atoms in total. The lowest BCUT2D eigenvalue weighted by atomic mass is 9.99. The van der Waals surface area contributed by atoms with Crippen LogP contribution >= 0.6 is 0 Å². The van der Waals surface area contributed by atoms with Crippen molar-refractivity contribution in [3.8, 4) is 0 Å². The number of nitrogens with zero attached hydrogens (tertiary/aromatic N) is 2. The maximum Gasteiger partial charge on any atom is 0.246 e. The molecule has 0 saturated carbocycles. The average molecular weight is 353 g/mol. The van der Waals surface area contributed by atoms with Crippen LogP contribution in [0.1, 0.15) is 37.8 Å². The second kappa shape index (κ2) is 7.13. The van der Waals surface area contributed by atoms with Crippen LogP contribution in [-0.4, -0.2) is 44.6 Å². The van der Waals surface area contributed by atoms with Crippen LogP contribution in [0.4, 0.5) is 5.69 Å². The van der Waals surface area contributed by atoms with Gasteiger partial charge in [0.25, 0.3) is 0 Å². The van der Waals surface area contributed by atoms with Crippen LogP contribution in [0.2, 0.25) is 0 Å². The first-order valence-corrected chi connectivity index (χ1v) is 10.3. The third-order valence-electron chi connectivity index (χ3n) is 4.62. The number of hydrogen-bond acceptors (Lipinski definition) is 3. The number of likely N-dealkylation sites (tertiary alicyclic amines) is 1. The molecule has 0 aliphatic carbocycles. The van der Waals surface area contributed by atoms with Crippen LogP contribution in [0.5, 0.6) is 0 Å². The zero-order valence-electron chi connectivity index (χ0n) is 15.2. The molecule has 1 heterocycles. The van der Waals surface area contributed by atoms with Gasteiger partial charge in [-0.2, -0.15) is 0 Å². The van der Waals surface area contributed by atoms with Crippen LogP contribution in [0, 0.1) is 19.8 Å². The highest BCUT2D eigenvalue weighted by atomic mass is 32.2. The SMILES string of the molecule is Cc1cc(C)cc(N([C@@H](C)C(=O)N2CCC(C)CC2)S(C)(=O)=O)c1. The number of carbonyl (C=O) groups excluding carboxylic acids is 1. The molecule has 0 N–H and O–H groups in total. The smallest absolute Gasteiger partial charge is 0.246 e. The first-order chi connectivity index (χ1) is 11.1. The molecule has 1 fully saturated rings. The van der Waals surface area contributed by atoms with Crippen LogP contribution in [0.15, 0.2) is 18.2 Å². The van der Waals surface area contributed by atoms with Gasteiger partial charge in [-0.05, 0) is 62.8 Å². The predicted octanol–water partition coefficient (Wildman–Crippen LogP) is 2.72. The van der Waals surface area contributed by atoms with Gasteiger partial charge in [-0.3, -0.25) is 9.10 Å². The molecule has 0 radical (unpaired) electrons. The van der Waals surface area contributed by atoms with E-state index in [1.54, 1.807) is 11.8 Å². The standard InChI is InChI=1S/C18H28N2O3S/c1-13-6-8-19(9-7-13)18(21)16(4)20(24(5,22)23)17-11-14(2)10-15(3)12-17/h10-13,16H,6-9H2,1-5H3/t16-/m0/s1. The number of rotatable bonds is 4. The molecule has 6 heteroatoms. The third-order valence-corrected chi connectivity index (χ3v) is 5.86. The van der Waals surface area contributed by atoms with Gasteiger partial charge in [-0.1, -0.05) is 13.0 Å². The topological polar surface area (TPSA) is 57.7 Å². The summed E-state index contributed by atoms with van der Waals surface area (Å²) < 4.78 is 26.0.